The lowest BCUT2D eigenvalue weighted by atomic mass is 10.0. The van der Waals surface area contributed by atoms with E-state index in [1.165, 1.54) is 6.20 Å². The van der Waals surface area contributed by atoms with Crippen molar-refractivity contribution in [2.45, 2.75) is 24.4 Å². The Balaban J connectivity index is 2.32. The molecule has 6 nitrogen and oxygen atoms in total. The number of nitriles is 1. The Morgan fingerprint density at radius 3 is 2.76 bits per heavy atom. The van der Waals surface area contributed by atoms with E-state index in [2.05, 4.69) is 4.98 Å². The van der Waals surface area contributed by atoms with Crippen LogP contribution in [0.2, 0.25) is 0 Å². The van der Waals surface area contributed by atoms with Crippen molar-refractivity contribution in [2.24, 2.45) is 0 Å². The highest BCUT2D eigenvalue weighted by Gasteiger charge is 2.43. The van der Waals surface area contributed by atoms with Gasteiger partial charge in [0, 0.05) is 11.8 Å². The molecule has 1 aromatic heterocycles. The van der Waals surface area contributed by atoms with Crippen LogP contribution in [0.5, 0.6) is 0 Å². The van der Waals surface area contributed by atoms with Gasteiger partial charge in [-0.15, -0.1) is 0 Å². The zero-order valence-corrected chi connectivity index (χ0v) is 8.89. The molecule has 0 aromatic carbocycles. The second-order valence-electron chi connectivity index (χ2n) is 3.81. The van der Waals surface area contributed by atoms with E-state index in [1.54, 1.807) is 12.1 Å². The van der Waals surface area contributed by atoms with E-state index in [9.17, 15) is 10.2 Å². The molecule has 0 amide bonds. The van der Waals surface area contributed by atoms with E-state index in [-0.39, 0.29) is 5.69 Å². The molecule has 0 aliphatic carbocycles. The maximum Gasteiger partial charge on any atom is 0.146 e. The Morgan fingerprint density at radius 1 is 1.41 bits per heavy atom. The summed E-state index contributed by atoms with van der Waals surface area (Å²) in [6.07, 6.45) is -2.57. The monoisotopic (exact) mass is 236 g/mol. The Bertz CT molecular complexity index is 445. The number of aliphatic hydroxyl groups excluding tert-OH is 3. The van der Waals surface area contributed by atoms with Crippen molar-refractivity contribution in [1.29, 1.82) is 5.26 Å². The van der Waals surface area contributed by atoms with E-state index in [0.29, 0.717) is 5.56 Å². The van der Waals surface area contributed by atoms with E-state index in [1.807, 2.05) is 6.07 Å². The van der Waals surface area contributed by atoms with Gasteiger partial charge in [-0.2, -0.15) is 5.26 Å². The van der Waals surface area contributed by atoms with Gasteiger partial charge >= 0.3 is 0 Å². The van der Waals surface area contributed by atoms with Crippen LogP contribution in [0.3, 0.4) is 0 Å². The molecule has 2 rings (SSSR count). The molecule has 17 heavy (non-hydrogen) atoms. The summed E-state index contributed by atoms with van der Waals surface area (Å²) in [5.74, 6) is 0. The van der Waals surface area contributed by atoms with E-state index in [4.69, 9.17) is 15.1 Å². The number of hydrogen-bond donors (Lipinski definition) is 3. The molecule has 2 heterocycles. The summed E-state index contributed by atoms with van der Waals surface area (Å²) in [4.78, 5) is 3.86. The number of ether oxygens (including phenoxy) is 1. The normalized spacial score (nSPS) is 32.4. The predicted molar refractivity (Wildman–Crippen MR) is 55.7 cm³/mol. The third-order valence-electron chi connectivity index (χ3n) is 2.79. The van der Waals surface area contributed by atoms with Crippen LogP contribution in [0, 0.1) is 11.3 Å². The lowest BCUT2D eigenvalue weighted by molar-refractivity contribution is -0.0229. The zero-order valence-electron chi connectivity index (χ0n) is 8.89. The van der Waals surface area contributed by atoms with E-state index in [0.717, 1.165) is 0 Å². The first kappa shape index (κ1) is 12.0. The lowest BCUT2D eigenvalue weighted by Gasteiger charge is -2.15. The van der Waals surface area contributed by atoms with Crippen LogP contribution in [0.4, 0.5) is 0 Å². The Kier molecular flexibility index (Phi) is 3.36. The van der Waals surface area contributed by atoms with Crippen molar-refractivity contribution in [1.82, 2.24) is 4.98 Å². The molecular weight excluding hydrogens is 224 g/mol. The molecule has 0 bridgehead atoms. The molecule has 0 spiro atoms. The molecule has 1 unspecified atom stereocenters. The largest absolute Gasteiger partial charge is 0.394 e. The SMILES string of the molecule is N#Cc1ncccc1C1O[C@H](CO)[C@@H](O)[C@H]1O. The second kappa shape index (κ2) is 4.77. The van der Waals surface area contributed by atoms with Crippen LogP contribution in [0.1, 0.15) is 17.4 Å². The van der Waals surface area contributed by atoms with Crippen molar-refractivity contribution >= 4 is 0 Å². The number of hydrogen-bond acceptors (Lipinski definition) is 6. The van der Waals surface area contributed by atoms with Crippen molar-refractivity contribution in [2.75, 3.05) is 6.61 Å². The fourth-order valence-electron chi connectivity index (χ4n) is 1.90. The molecule has 1 aliphatic heterocycles. The highest BCUT2D eigenvalue weighted by molar-refractivity contribution is 5.34. The topological polar surface area (TPSA) is 107 Å². The third kappa shape index (κ3) is 2.01. The van der Waals surface area contributed by atoms with Gasteiger partial charge in [0.15, 0.2) is 0 Å². The number of pyridine rings is 1. The van der Waals surface area contributed by atoms with Gasteiger partial charge in [0.25, 0.3) is 0 Å². The van der Waals surface area contributed by atoms with Crippen molar-refractivity contribution < 1.29 is 20.1 Å². The number of nitrogens with zero attached hydrogens (tertiary/aromatic N) is 2. The molecule has 90 valence electrons. The van der Waals surface area contributed by atoms with Crippen molar-refractivity contribution in [3.63, 3.8) is 0 Å². The molecule has 1 aromatic rings. The van der Waals surface area contributed by atoms with E-state index >= 15 is 0 Å². The number of aromatic nitrogens is 1. The predicted octanol–water partition coefficient (Wildman–Crippen LogP) is -0.893. The van der Waals surface area contributed by atoms with Gasteiger partial charge in [0.05, 0.1) is 6.61 Å². The van der Waals surface area contributed by atoms with Crippen LogP contribution in [-0.4, -0.2) is 45.2 Å². The Labute approximate surface area is 97.7 Å². The molecule has 1 saturated heterocycles. The summed E-state index contributed by atoms with van der Waals surface area (Å²) in [7, 11) is 0. The maximum absolute atomic E-state index is 9.81. The molecular formula is C11H12N2O4. The summed E-state index contributed by atoms with van der Waals surface area (Å²) in [5, 5.41) is 37.3. The minimum atomic E-state index is -1.18. The van der Waals surface area contributed by atoms with Crippen molar-refractivity contribution in [3.8, 4) is 6.07 Å². The molecule has 4 atom stereocenters. The average Bonchev–Trinajstić information content (AvgIpc) is 2.66. The Morgan fingerprint density at radius 2 is 2.18 bits per heavy atom. The smallest absolute Gasteiger partial charge is 0.146 e. The molecule has 1 fully saturated rings. The van der Waals surface area contributed by atoms with Gasteiger partial charge < -0.3 is 20.1 Å². The third-order valence-corrected chi connectivity index (χ3v) is 2.79. The number of rotatable bonds is 2. The molecule has 1 aliphatic rings. The summed E-state index contributed by atoms with van der Waals surface area (Å²) in [6.45, 7) is -0.392. The van der Waals surface area contributed by atoms with Crippen LogP contribution in [0.25, 0.3) is 0 Å². The minimum absolute atomic E-state index is 0.141. The summed E-state index contributed by atoms with van der Waals surface area (Å²) >= 11 is 0. The molecule has 6 heteroatoms. The van der Waals surface area contributed by atoms with Crippen LogP contribution in [-0.2, 0) is 4.74 Å². The second-order valence-corrected chi connectivity index (χ2v) is 3.81. The van der Waals surface area contributed by atoms with Gasteiger partial charge in [-0.25, -0.2) is 4.98 Å². The minimum Gasteiger partial charge on any atom is -0.394 e. The van der Waals surface area contributed by atoms with Gasteiger partial charge in [-0.1, -0.05) is 6.07 Å². The standard InChI is InChI=1S/C11H12N2O4/c12-4-7-6(2-1-3-13-7)11-10(16)9(15)8(5-14)17-11/h1-3,8-11,14-16H,5H2/t8-,9-,10-,11?/m1/s1. The van der Waals surface area contributed by atoms with Gasteiger partial charge in [-0.3, -0.25) is 0 Å². The first-order chi connectivity index (χ1) is 8.19. The molecule has 3 N–H and O–H groups in total. The summed E-state index contributed by atoms with van der Waals surface area (Å²) in [5.41, 5.74) is 0.555. The quantitative estimate of drug-likeness (QED) is 0.614. The summed E-state index contributed by atoms with van der Waals surface area (Å²) < 4.78 is 5.32. The van der Waals surface area contributed by atoms with Crippen molar-refractivity contribution in [3.05, 3.63) is 29.6 Å². The Hall–Kier alpha value is -1.52. The lowest BCUT2D eigenvalue weighted by Crippen LogP contribution is -2.32. The fraction of sp³-hybridized carbons (Fsp3) is 0.455. The first-order valence-corrected chi connectivity index (χ1v) is 5.16. The fourth-order valence-corrected chi connectivity index (χ4v) is 1.90. The van der Waals surface area contributed by atoms with Crippen LogP contribution >= 0.6 is 0 Å². The summed E-state index contributed by atoms with van der Waals surface area (Å²) in [6, 6.07) is 5.11. The van der Waals surface area contributed by atoms with Crippen LogP contribution in [0.15, 0.2) is 18.3 Å². The van der Waals surface area contributed by atoms with Gasteiger partial charge in [-0.05, 0) is 6.07 Å². The number of aliphatic hydroxyl groups is 3. The molecule has 0 radical (unpaired) electrons. The maximum atomic E-state index is 9.81. The average molecular weight is 236 g/mol. The van der Waals surface area contributed by atoms with Gasteiger partial charge in [0.2, 0.25) is 0 Å². The highest BCUT2D eigenvalue weighted by Crippen LogP contribution is 2.34. The van der Waals surface area contributed by atoms with Gasteiger partial charge in [0.1, 0.15) is 36.2 Å². The first-order valence-electron chi connectivity index (χ1n) is 5.16. The van der Waals surface area contributed by atoms with E-state index < -0.39 is 31.0 Å². The molecule has 0 saturated carbocycles. The zero-order chi connectivity index (χ0) is 12.4. The van der Waals surface area contributed by atoms with Crippen LogP contribution < -0.4 is 0 Å². The highest BCUT2D eigenvalue weighted by atomic mass is 16.6.